The Morgan fingerprint density at radius 3 is 2.53 bits per heavy atom. The first-order valence-corrected chi connectivity index (χ1v) is 11.6. The fourth-order valence-electron chi connectivity index (χ4n) is 3.75. The van der Waals surface area contributed by atoms with Crippen LogP contribution in [0.3, 0.4) is 0 Å². The molecule has 8 heteroatoms. The summed E-state index contributed by atoms with van der Waals surface area (Å²) in [7, 11) is 0. The number of alkyl carbamates (subject to hydrolysis) is 1. The normalized spacial score (nSPS) is 16.7. The summed E-state index contributed by atoms with van der Waals surface area (Å²) in [5.41, 5.74) is 0.252. The highest BCUT2D eigenvalue weighted by atomic mass is 16.6. The average Bonchev–Trinajstić information content (AvgIpc) is 2.80. The lowest BCUT2D eigenvalue weighted by Crippen LogP contribution is -2.57. The van der Waals surface area contributed by atoms with Gasteiger partial charge >= 0.3 is 12.2 Å². The summed E-state index contributed by atoms with van der Waals surface area (Å²) in [4.78, 5) is 41.7. The first-order valence-electron chi connectivity index (χ1n) is 11.6. The molecule has 2 atom stereocenters. The van der Waals surface area contributed by atoms with Gasteiger partial charge in [-0.3, -0.25) is 4.79 Å². The Labute approximate surface area is 202 Å². The molecular formula is C26H37N3O5. The van der Waals surface area contributed by atoms with E-state index in [9.17, 15) is 14.4 Å². The van der Waals surface area contributed by atoms with E-state index in [0.29, 0.717) is 19.6 Å². The van der Waals surface area contributed by atoms with Gasteiger partial charge in [0.2, 0.25) is 5.91 Å². The zero-order chi connectivity index (χ0) is 25.1. The van der Waals surface area contributed by atoms with Crippen LogP contribution in [0.4, 0.5) is 9.59 Å². The highest BCUT2D eigenvalue weighted by Gasteiger charge is 2.35. The van der Waals surface area contributed by atoms with Crippen LogP contribution < -0.4 is 5.32 Å². The van der Waals surface area contributed by atoms with Crippen LogP contribution in [0.2, 0.25) is 0 Å². The van der Waals surface area contributed by atoms with Crippen molar-refractivity contribution in [2.45, 2.75) is 64.3 Å². The lowest BCUT2D eigenvalue weighted by Gasteiger charge is -2.40. The Bertz CT molecular complexity index is 850. The van der Waals surface area contributed by atoms with Crippen LogP contribution in [-0.2, 0) is 20.9 Å². The van der Waals surface area contributed by atoms with Gasteiger partial charge in [0.15, 0.2) is 0 Å². The van der Waals surface area contributed by atoms with Crippen LogP contribution in [-0.4, -0.2) is 65.2 Å². The minimum atomic E-state index is -0.836. The molecule has 34 heavy (non-hydrogen) atoms. The molecule has 0 bridgehead atoms. The molecule has 1 aromatic rings. The Balaban J connectivity index is 2.06. The molecule has 1 saturated heterocycles. The maximum atomic E-state index is 13.5. The second kappa shape index (κ2) is 12.8. The number of carbonyl (C=O) groups is 3. The van der Waals surface area contributed by atoms with Gasteiger partial charge in [-0.05, 0) is 45.6 Å². The van der Waals surface area contributed by atoms with Crippen molar-refractivity contribution in [2.24, 2.45) is 0 Å². The monoisotopic (exact) mass is 471 g/mol. The van der Waals surface area contributed by atoms with Crippen molar-refractivity contribution in [3.05, 3.63) is 61.2 Å². The van der Waals surface area contributed by atoms with E-state index in [1.165, 1.54) is 0 Å². The predicted octanol–water partition coefficient (Wildman–Crippen LogP) is 4.27. The van der Waals surface area contributed by atoms with Gasteiger partial charge in [0.25, 0.3) is 0 Å². The van der Waals surface area contributed by atoms with Crippen molar-refractivity contribution in [1.82, 2.24) is 15.1 Å². The number of likely N-dealkylation sites (tertiary alicyclic amines) is 1. The van der Waals surface area contributed by atoms with E-state index in [-0.39, 0.29) is 25.0 Å². The number of hydrogen-bond acceptors (Lipinski definition) is 5. The van der Waals surface area contributed by atoms with Crippen molar-refractivity contribution in [1.29, 1.82) is 0 Å². The Morgan fingerprint density at radius 2 is 1.91 bits per heavy atom. The number of hydrogen-bond donors (Lipinski definition) is 1. The van der Waals surface area contributed by atoms with Gasteiger partial charge in [-0.1, -0.05) is 42.5 Å². The summed E-state index contributed by atoms with van der Waals surface area (Å²) in [6.45, 7) is 14.3. The number of piperidine rings is 1. The van der Waals surface area contributed by atoms with Gasteiger partial charge in [0, 0.05) is 25.7 Å². The van der Waals surface area contributed by atoms with E-state index >= 15 is 0 Å². The topological polar surface area (TPSA) is 88.2 Å². The second-order valence-electron chi connectivity index (χ2n) is 9.28. The number of nitrogens with zero attached hydrogens (tertiary/aromatic N) is 2. The molecule has 1 heterocycles. The molecule has 0 spiro atoms. The van der Waals surface area contributed by atoms with Crippen LogP contribution in [0.1, 0.15) is 45.6 Å². The van der Waals surface area contributed by atoms with Crippen molar-refractivity contribution in [3.8, 4) is 0 Å². The van der Waals surface area contributed by atoms with Crippen molar-refractivity contribution >= 4 is 18.1 Å². The standard InChI is InChI=1S/C26H37N3O5/c1-6-12-22(27-24(31)33-19-20-13-9-8-10-14-20)23(30)29(16-7-2)21-15-11-17-28(18-21)25(32)34-26(3,4)5/h6-10,13-14,21-22H,1-2,11-12,15-19H2,3-5H3,(H,27,31). The van der Waals surface area contributed by atoms with E-state index in [0.717, 1.165) is 18.4 Å². The van der Waals surface area contributed by atoms with E-state index in [1.54, 1.807) is 22.0 Å². The van der Waals surface area contributed by atoms with E-state index in [4.69, 9.17) is 9.47 Å². The molecule has 1 aromatic carbocycles. The third-order valence-electron chi connectivity index (χ3n) is 5.30. The van der Waals surface area contributed by atoms with Crippen LogP contribution >= 0.6 is 0 Å². The van der Waals surface area contributed by atoms with Crippen LogP contribution in [0.5, 0.6) is 0 Å². The van der Waals surface area contributed by atoms with Crippen molar-refractivity contribution < 1.29 is 23.9 Å². The number of carbonyl (C=O) groups excluding carboxylic acids is 3. The quantitative estimate of drug-likeness (QED) is 0.544. The Hall–Kier alpha value is -3.29. The summed E-state index contributed by atoms with van der Waals surface area (Å²) in [5.74, 6) is -0.271. The minimum absolute atomic E-state index is 0.103. The third-order valence-corrected chi connectivity index (χ3v) is 5.30. The highest BCUT2D eigenvalue weighted by molar-refractivity contribution is 5.86. The number of amides is 3. The summed E-state index contributed by atoms with van der Waals surface area (Å²) < 4.78 is 10.8. The SMILES string of the molecule is C=CCC(NC(=O)OCc1ccccc1)C(=O)N(CC=C)C1CCCN(C(=O)OC(C)(C)C)C1. The molecular weight excluding hydrogens is 434 g/mol. The summed E-state index contributed by atoms with van der Waals surface area (Å²) >= 11 is 0. The first-order chi connectivity index (χ1) is 16.1. The molecule has 0 aromatic heterocycles. The summed E-state index contributed by atoms with van der Waals surface area (Å²) in [6.07, 6.45) is 3.87. The molecule has 3 amide bonds. The third kappa shape index (κ3) is 8.57. The van der Waals surface area contributed by atoms with Crippen molar-refractivity contribution in [3.63, 3.8) is 0 Å². The number of rotatable bonds is 9. The zero-order valence-electron chi connectivity index (χ0n) is 20.5. The molecule has 1 aliphatic heterocycles. The van der Waals surface area contributed by atoms with Crippen LogP contribution in [0, 0.1) is 0 Å². The predicted molar refractivity (Wildman–Crippen MR) is 131 cm³/mol. The number of nitrogens with one attached hydrogen (secondary N) is 1. The number of ether oxygens (including phenoxy) is 2. The highest BCUT2D eigenvalue weighted by Crippen LogP contribution is 2.20. The molecule has 2 rings (SSSR count). The van der Waals surface area contributed by atoms with Crippen LogP contribution in [0.15, 0.2) is 55.6 Å². The van der Waals surface area contributed by atoms with E-state index in [1.807, 2.05) is 51.1 Å². The van der Waals surface area contributed by atoms with Gasteiger partial charge in [-0.15, -0.1) is 13.2 Å². The molecule has 186 valence electrons. The minimum Gasteiger partial charge on any atom is -0.445 e. The second-order valence-corrected chi connectivity index (χ2v) is 9.28. The first kappa shape index (κ1) is 27.0. The molecule has 1 N–H and O–H groups in total. The van der Waals surface area contributed by atoms with E-state index in [2.05, 4.69) is 18.5 Å². The van der Waals surface area contributed by atoms with Gasteiger partial charge in [-0.25, -0.2) is 9.59 Å². The average molecular weight is 472 g/mol. The van der Waals surface area contributed by atoms with E-state index < -0.39 is 23.8 Å². The molecule has 0 saturated carbocycles. The molecule has 2 unspecified atom stereocenters. The molecule has 1 fully saturated rings. The fourth-order valence-corrected chi connectivity index (χ4v) is 3.75. The van der Waals surface area contributed by atoms with Gasteiger partial charge in [-0.2, -0.15) is 0 Å². The van der Waals surface area contributed by atoms with Crippen LogP contribution in [0.25, 0.3) is 0 Å². The maximum absolute atomic E-state index is 13.5. The lowest BCUT2D eigenvalue weighted by molar-refractivity contribution is -0.136. The fraction of sp³-hybridized carbons (Fsp3) is 0.500. The smallest absolute Gasteiger partial charge is 0.410 e. The Morgan fingerprint density at radius 1 is 1.21 bits per heavy atom. The van der Waals surface area contributed by atoms with Gasteiger partial charge in [0.1, 0.15) is 18.2 Å². The molecule has 0 radical (unpaired) electrons. The summed E-state index contributed by atoms with van der Waals surface area (Å²) in [6, 6.07) is 8.25. The maximum Gasteiger partial charge on any atom is 0.410 e. The molecule has 1 aliphatic rings. The molecule has 0 aliphatic carbocycles. The van der Waals surface area contributed by atoms with Crippen molar-refractivity contribution in [2.75, 3.05) is 19.6 Å². The van der Waals surface area contributed by atoms with Gasteiger partial charge in [0.05, 0.1) is 0 Å². The molecule has 8 nitrogen and oxygen atoms in total. The Kier molecular flexibility index (Phi) is 10.2. The summed E-state index contributed by atoms with van der Waals surface area (Å²) in [5, 5.41) is 2.67. The number of benzene rings is 1. The largest absolute Gasteiger partial charge is 0.445 e. The zero-order valence-corrected chi connectivity index (χ0v) is 20.5. The van der Waals surface area contributed by atoms with Gasteiger partial charge < -0.3 is 24.6 Å². The lowest BCUT2D eigenvalue weighted by atomic mass is 10.0.